The van der Waals surface area contributed by atoms with Gasteiger partial charge in [0.15, 0.2) is 0 Å². The van der Waals surface area contributed by atoms with E-state index in [4.69, 9.17) is 16.6 Å². The number of hydrogen-bond donors (Lipinski definition) is 1. The summed E-state index contributed by atoms with van der Waals surface area (Å²) in [5.74, 6) is 4.43. The zero-order valence-electron chi connectivity index (χ0n) is 9.42. The summed E-state index contributed by atoms with van der Waals surface area (Å²) < 4.78 is 5.61. The second kappa shape index (κ2) is 5.59. The Morgan fingerprint density at radius 1 is 1.60 bits per heavy atom. The Labute approximate surface area is 91.2 Å². The molecule has 0 saturated carbocycles. The van der Waals surface area contributed by atoms with Gasteiger partial charge in [-0.05, 0) is 25.1 Å². The van der Waals surface area contributed by atoms with Crippen molar-refractivity contribution in [1.29, 1.82) is 0 Å². The Kier molecular flexibility index (Phi) is 4.41. The average Bonchev–Trinajstić information content (AvgIpc) is 2.58. The molecule has 0 aliphatic rings. The first kappa shape index (κ1) is 11.8. The van der Waals surface area contributed by atoms with Gasteiger partial charge in [-0.15, -0.1) is 6.42 Å². The first-order valence-electron chi connectivity index (χ1n) is 5.15. The normalized spacial score (nSPS) is 10.6. The van der Waals surface area contributed by atoms with Gasteiger partial charge in [-0.3, -0.25) is 4.90 Å². The molecule has 0 amide bonds. The number of rotatable bonds is 5. The van der Waals surface area contributed by atoms with Crippen molar-refractivity contribution in [2.75, 3.05) is 13.1 Å². The smallest absolute Gasteiger partial charge is 0.120 e. The maximum Gasteiger partial charge on any atom is 0.120 e. The van der Waals surface area contributed by atoms with Crippen LogP contribution in [0.1, 0.15) is 24.0 Å². The summed E-state index contributed by atoms with van der Waals surface area (Å²) >= 11 is 0. The van der Waals surface area contributed by atoms with Gasteiger partial charge in [0.1, 0.15) is 11.5 Å². The fourth-order valence-corrected chi connectivity index (χ4v) is 1.50. The quantitative estimate of drug-likeness (QED) is 0.742. The fraction of sp³-hybridized carbons (Fsp3) is 0.500. The number of terminal acetylenes is 1. The molecule has 0 fully saturated rings. The Hall–Kier alpha value is -1.24. The molecular formula is C12H18N2O. The standard InChI is InChI=1S/C12H18N2O/c1-4-6-14(5-2)9-11-7-10(3)12(8-13)15-11/h1,7H,5-6,8-9,13H2,2-3H3. The molecule has 3 heteroatoms. The summed E-state index contributed by atoms with van der Waals surface area (Å²) in [5, 5.41) is 0. The molecule has 15 heavy (non-hydrogen) atoms. The maximum absolute atomic E-state index is 5.61. The topological polar surface area (TPSA) is 42.4 Å². The van der Waals surface area contributed by atoms with Crippen LogP contribution in [0.15, 0.2) is 10.5 Å². The summed E-state index contributed by atoms with van der Waals surface area (Å²) in [6.45, 7) is 6.86. The molecule has 3 nitrogen and oxygen atoms in total. The molecule has 0 aliphatic heterocycles. The average molecular weight is 206 g/mol. The zero-order valence-corrected chi connectivity index (χ0v) is 9.42. The third kappa shape index (κ3) is 3.12. The summed E-state index contributed by atoms with van der Waals surface area (Å²) in [6, 6.07) is 2.03. The SMILES string of the molecule is C#CCN(CC)Cc1cc(C)c(CN)o1. The molecule has 0 aliphatic carbocycles. The molecule has 0 unspecified atom stereocenters. The molecule has 1 rings (SSSR count). The van der Waals surface area contributed by atoms with Crippen molar-refractivity contribution in [2.24, 2.45) is 5.73 Å². The van der Waals surface area contributed by atoms with Crippen LogP contribution in [0.3, 0.4) is 0 Å². The van der Waals surface area contributed by atoms with Gasteiger partial charge in [-0.2, -0.15) is 0 Å². The van der Waals surface area contributed by atoms with Crippen LogP contribution in [0.4, 0.5) is 0 Å². The van der Waals surface area contributed by atoms with E-state index in [1.807, 2.05) is 13.0 Å². The fourth-order valence-electron chi connectivity index (χ4n) is 1.50. The van der Waals surface area contributed by atoms with Gasteiger partial charge >= 0.3 is 0 Å². The van der Waals surface area contributed by atoms with Crippen LogP contribution in [0.2, 0.25) is 0 Å². The van der Waals surface area contributed by atoms with E-state index in [0.29, 0.717) is 13.1 Å². The highest BCUT2D eigenvalue weighted by Crippen LogP contribution is 2.15. The van der Waals surface area contributed by atoms with Gasteiger partial charge < -0.3 is 10.2 Å². The predicted molar refractivity (Wildman–Crippen MR) is 61.1 cm³/mol. The van der Waals surface area contributed by atoms with Crippen LogP contribution in [0.25, 0.3) is 0 Å². The Bertz CT molecular complexity index is 349. The molecule has 0 atom stereocenters. The lowest BCUT2D eigenvalue weighted by atomic mass is 10.2. The van der Waals surface area contributed by atoms with Gasteiger partial charge in [-0.25, -0.2) is 0 Å². The lowest BCUT2D eigenvalue weighted by Crippen LogP contribution is -2.22. The monoisotopic (exact) mass is 206 g/mol. The number of aryl methyl sites for hydroxylation is 1. The van der Waals surface area contributed by atoms with E-state index >= 15 is 0 Å². The van der Waals surface area contributed by atoms with Crippen molar-refractivity contribution >= 4 is 0 Å². The minimum Gasteiger partial charge on any atom is -0.463 e. The summed E-state index contributed by atoms with van der Waals surface area (Å²) in [4.78, 5) is 2.14. The highest BCUT2D eigenvalue weighted by atomic mass is 16.3. The molecule has 0 saturated heterocycles. The first-order valence-corrected chi connectivity index (χ1v) is 5.15. The van der Waals surface area contributed by atoms with Crippen LogP contribution in [-0.2, 0) is 13.1 Å². The molecule has 82 valence electrons. The molecule has 0 bridgehead atoms. The predicted octanol–water partition coefficient (Wildman–Crippen LogP) is 1.50. The summed E-state index contributed by atoms with van der Waals surface area (Å²) in [7, 11) is 0. The van der Waals surface area contributed by atoms with Crippen LogP contribution >= 0.6 is 0 Å². The summed E-state index contributed by atoms with van der Waals surface area (Å²) in [6.07, 6.45) is 5.28. The van der Waals surface area contributed by atoms with Crippen molar-refractivity contribution < 1.29 is 4.42 Å². The van der Waals surface area contributed by atoms with E-state index in [1.54, 1.807) is 0 Å². The second-order valence-corrected chi connectivity index (χ2v) is 3.53. The third-order valence-electron chi connectivity index (χ3n) is 2.40. The minimum absolute atomic E-state index is 0.451. The molecule has 1 aromatic heterocycles. The van der Waals surface area contributed by atoms with Crippen molar-refractivity contribution in [3.05, 3.63) is 23.2 Å². The lowest BCUT2D eigenvalue weighted by molar-refractivity contribution is 0.281. The molecule has 2 N–H and O–H groups in total. The molecule has 1 aromatic rings. The van der Waals surface area contributed by atoms with Gasteiger partial charge in [0.05, 0.1) is 19.6 Å². The molecule has 1 heterocycles. The third-order valence-corrected chi connectivity index (χ3v) is 2.40. The van der Waals surface area contributed by atoms with Crippen molar-refractivity contribution in [2.45, 2.75) is 26.9 Å². The first-order chi connectivity index (χ1) is 7.21. The van der Waals surface area contributed by atoms with E-state index in [9.17, 15) is 0 Å². The highest BCUT2D eigenvalue weighted by molar-refractivity contribution is 5.19. The van der Waals surface area contributed by atoms with Crippen LogP contribution in [0, 0.1) is 19.3 Å². The van der Waals surface area contributed by atoms with Crippen molar-refractivity contribution in [1.82, 2.24) is 4.90 Å². The number of furan rings is 1. The van der Waals surface area contributed by atoms with E-state index in [-0.39, 0.29) is 0 Å². The Morgan fingerprint density at radius 2 is 2.33 bits per heavy atom. The van der Waals surface area contributed by atoms with Crippen LogP contribution in [0.5, 0.6) is 0 Å². The van der Waals surface area contributed by atoms with Crippen LogP contribution < -0.4 is 5.73 Å². The van der Waals surface area contributed by atoms with Gasteiger partial charge in [0.25, 0.3) is 0 Å². The number of hydrogen-bond acceptors (Lipinski definition) is 3. The molecule has 0 radical (unpaired) electrons. The van der Waals surface area contributed by atoms with E-state index in [0.717, 1.165) is 30.2 Å². The van der Waals surface area contributed by atoms with Gasteiger partial charge in [0.2, 0.25) is 0 Å². The Balaban J connectivity index is 2.67. The Morgan fingerprint density at radius 3 is 2.80 bits per heavy atom. The number of nitrogens with two attached hydrogens (primary N) is 1. The van der Waals surface area contributed by atoms with Crippen LogP contribution in [-0.4, -0.2) is 18.0 Å². The molecule has 0 aromatic carbocycles. The lowest BCUT2D eigenvalue weighted by Gasteiger charge is -2.15. The minimum atomic E-state index is 0.451. The molecular weight excluding hydrogens is 188 g/mol. The zero-order chi connectivity index (χ0) is 11.3. The van der Waals surface area contributed by atoms with Gasteiger partial charge in [0, 0.05) is 0 Å². The number of nitrogens with zero attached hydrogens (tertiary/aromatic N) is 1. The largest absolute Gasteiger partial charge is 0.463 e. The van der Waals surface area contributed by atoms with Gasteiger partial charge in [-0.1, -0.05) is 12.8 Å². The summed E-state index contributed by atoms with van der Waals surface area (Å²) in [5.41, 5.74) is 6.66. The maximum atomic E-state index is 5.61. The van der Waals surface area contributed by atoms with Crippen molar-refractivity contribution in [3.8, 4) is 12.3 Å². The van der Waals surface area contributed by atoms with E-state index in [1.165, 1.54) is 0 Å². The highest BCUT2D eigenvalue weighted by Gasteiger charge is 2.09. The van der Waals surface area contributed by atoms with Crippen molar-refractivity contribution in [3.63, 3.8) is 0 Å². The molecule has 0 spiro atoms. The second-order valence-electron chi connectivity index (χ2n) is 3.53. The van der Waals surface area contributed by atoms with E-state index < -0.39 is 0 Å². The van der Waals surface area contributed by atoms with E-state index in [2.05, 4.69) is 17.7 Å².